The van der Waals surface area contributed by atoms with Gasteiger partial charge in [-0.25, -0.2) is 0 Å². The van der Waals surface area contributed by atoms with Crippen molar-refractivity contribution in [3.63, 3.8) is 0 Å². The molecule has 0 saturated carbocycles. The van der Waals surface area contributed by atoms with Gasteiger partial charge < -0.3 is 5.32 Å². The molecule has 0 bridgehead atoms. The summed E-state index contributed by atoms with van der Waals surface area (Å²) in [4.78, 5) is 4.13. The van der Waals surface area contributed by atoms with E-state index in [-0.39, 0.29) is 0 Å². The summed E-state index contributed by atoms with van der Waals surface area (Å²) in [5, 5.41) is 5.93. The summed E-state index contributed by atoms with van der Waals surface area (Å²) in [7, 11) is 0. The number of anilines is 1. The van der Waals surface area contributed by atoms with Crippen LogP contribution >= 0.6 is 0 Å². The Morgan fingerprint density at radius 3 is 2.94 bits per heavy atom. The second kappa shape index (κ2) is 4.97. The largest absolute Gasteiger partial charge is 0.385 e. The zero-order valence-electron chi connectivity index (χ0n) is 9.90. The van der Waals surface area contributed by atoms with Crippen LogP contribution in [0, 0.1) is 5.92 Å². The van der Waals surface area contributed by atoms with Crippen molar-refractivity contribution in [2.75, 3.05) is 11.9 Å². The molecule has 2 rings (SSSR count). The van der Waals surface area contributed by atoms with Gasteiger partial charge in [0.15, 0.2) is 0 Å². The molecule has 0 fully saturated rings. The number of hydrogen-bond acceptors (Lipinski definition) is 2. The van der Waals surface area contributed by atoms with Crippen molar-refractivity contribution in [3.05, 3.63) is 36.7 Å². The van der Waals surface area contributed by atoms with Crippen LogP contribution in [0.15, 0.2) is 36.7 Å². The van der Waals surface area contributed by atoms with Gasteiger partial charge in [-0.1, -0.05) is 26.0 Å². The van der Waals surface area contributed by atoms with Gasteiger partial charge in [0, 0.05) is 35.4 Å². The Balaban J connectivity index is 2.17. The molecule has 84 valence electrons. The summed E-state index contributed by atoms with van der Waals surface area (Å²) < 4.78 is 0. The minimum atomic E-state index is 0.740. The SMILES string of the molecule is CC(C)CCNc1cccc2cnccc12. The van der Waals surface area contributed by atoms with Crippen molar-refractivity contribution < 1.29 is 0 Å². The van der Waals surface area contributed by atoms with E-state index in [4.69, 9.17) is 0 Å². The summed E-state index contributed by atoms with van der Waals surface area (Å²) in [6, 6.07) is 8.35. The maximum atomic E-state index is 4.13. The molecule has 0 spiro atoms. The zero-order valence-corrected chi connectivity index (χ0v) is 9.90. The fraction of sp³-hybridized carbons (Fsp3) is 0.357. The summed E-state index contributed by atoms with van der Waals surface area (Å²) >= 11 is 0. The number of nitrogens with zero attached hydrogens (tertiary/aromatic N) is 1. The molecule has 1 N–H and O–H groups in total. The highest BCUT2D eigenvalue weighted by molar-refractivity contribution is 5.93. The van der Waals surface area contributed by atoms with E-state index in [0.29, 0.717) is 0 Å². The maximum absolute atomic E-state index is 4.13. The van der Waals surface area contributed by atoms with Crippen LogP contribution in [0.1, 0.15) is 20.3 Å². The first-order chi connectivity index (χ1) is 7.77. The first kappa shape index (κ1) is 10.9. The second-order valence-electron chi connectivity index (χ2n) is 4.51. The molecule has 2 heteroatoms. The second-order valence-corrected chi connectivity index (χ2v) is 4.51. The third kappa shape index (κ3) is 2.51. The molecular weight excluding hydrogens is 196 g/mol. The normalized spacial score (nSPS) is 10.9. The quantitative estimate of drug-likeness (QED) is 0.839. The van der Waals surface area contributed by atoms with Crippen LogP contribution in [0.4, 0.5) is 5.69 Å². The number of rotatable bonds is 4. The fourth-order valence-corrected chi connectivity index (χ4v) is 1.77. The average molecular weight is 214 g/mol. The van der Waals surface area contributed by atoms with E-state index in [1.54, 1.807) is 0 Å². The smallest absolute Gasteiger partial charge is 0.0420 e. The van der Waals surface area contributed by atoms with Crippen molar-refractivity contribution in [2.45, 2.75) is 20.3 Å². The number of hydrogen-bond donors (Lipinski definition) is 1. The van der Waals surface area contributed by atoms with Crippen LogP contribution in [0.5, 0.6) is 0 Å². The Labute approximate surface area is 96.7 Å². The van der Waals surface area contributed by atoms with Gasteiger partial charge in [0.25, 0.3) is 0 Å². The van der Waals surface area contributed by atoms with E-state index in [9.17, 15) is 0 Å². The Morgan fingerprint density at radius 2 is 2.12 bits per heavy atom. The van der Waals surface area contributed by atoms with Gasteiger partial charge in [-0.3, -0.25) is 4.98 Å². The van der Waals surface area contributed by atoms with E-state index in [1.165, 1.54) is 22.9 Å². The standard InChI is InChI=1S/C14H18N2/c1-11(2)6-9-16-14-5-3-4-12-10-15-8-7-13(12)14/h3-5,7-8,10-11,16H,6,9H2,1-2H3. The van der Waals surface area contributed by atoms with Gasteiger partial charge >= 0.3 is 0 Å². The molecule has 2 aromatic rings. The van der Waals surface area contributed by atoms with Crippen LogP contribution in [0.3, 0.4) is 0 Å². The number of fused-ring (bicyclic) bond motifs is 1. The lowest BCUT2D eigenvalue weighted by molar-refractivity contribution is 0.607. The Bertz CT molecular complexity index is 458. The van der Waals surface area contributed by atoms with Crippen LogP contribution in [0.2, 0.25) is 0 Å². The average Bonchev–Trinajstić information content (AvgIpc) is 2.29. The Morgan fingerprint density at radius 1 is 1.25 bits per heavy atom. The van der Waals surface area contributed by atoms with Gasteiger partial charge in [0.05, 0.1) is 0 Å². The van der Waals surface area contributed by atoms with Gasteiger partial charge in [-0.2, -0.15) is 0 Å². The summed E-state index contributed by atoms with van der Waals surface area (Å²) in [6.45, 7) is 5.52. The molecule has 0 aliphatic rings. The zero-order chi connectivity index (χ0) is 11.4. The van der Waals surface area contributed by atoms with Crippen LogP contribution in [0.25, 0.3) is 10.8 Å². The third-order valence-corrected chi connectivity index (χ3v) is 2.72. The molecule has 0 radical (unpaired) electrons. The van der Waals surface area contributed by atoms with E-state index in [1.807, 2.05) is 12.4 Å². The van der Waals surface area contributed by atoms with Gasteiger partial charge in [0.2, 0.25) is 0 Å². The molecule has 0 amide bonds. The first-order valence-electron chi connectivity index (χ1n) is 5.84. The molecule has 0 unspecified atom stereocenters. The molecule has 1 aromatic heterocycles. The minimum Gasteiger partial charge on any atom is -0.385 e. The minimum absolute atomic E-state index is 0.740. The predicted molar refractivity (Wildman–Crippen MR) is 69.7 cm³/mol. The summed E-state index contributed by atoms with van der Waals surface area (Å²) in [5.41, 5.74) is 1.21. The van der Waals surface area contributed by atoms with Crippen molar-refractivity contribution in [1.82, 2.24) is 4.98 Å². The summed E-state index contributed by atoms with van der Waals surface area (Å²) in [5.74, 6) is 0.740. The predicted octanol–water partition coefficient (Wildman–Crippen LogP) is 3.69. The molecule has 0 atom stereocenters. The Kier molecular flexibility index (Phi) is 3.40. The molecule has 16 heavy (non-hydrogen) atoms. The topological polar surface area (TPSA) is 24.9 Å². The molecule has 1 heterocycles. The van der Waals surface area contributed by atoms with Crippen molar-refractivity contribution in [3.8, 4) is 0 Å². The van der Waals surface area contributed by atoms with Gasteiger partial charge in [0.1, 0.15) is 0 Å². The highest BCUT2D eigenvalue weighted by Gasteiger charge is 2.00. The lowest BCUT2D eigenvalue weighted by Crippen LogP contribution is -2.04. The van der Waals surface area contributed by atoms with E-state index in [2.05, 4.69) is 48.4 Å². The van der Waals surface area contributed by atoms with Crippen LogP contribution in [-0.2, 0) is 0 Å². The van der Waals surface area contributed by atoms with Crippen molar-refractivity contribution >= 4 is 16.5 Å². The molecule has 1 aromatic carbocycles. The van der Waals surface area contributed by atoms with E-state index in [0.717, 1.165) is 12.5 Å². The number of aromatic nitrogens is 1. The Hall–Kier alpha value is -1.57. The monoisotopic (exact) mass is 214 g/mol. The first-order valence-corrected chi connectivity index (χ1v) is 5.84. The maximum Gasteiger partial charge on any atom is 0.0420 e. The van der Waals surface area contributed by atoms with Crippen molar-refractivity contribution in [1.29, 1.82) is 0 Å². The van der Waals surface area contributed by atoms with Gasteiger partial charge in [-0.15, -0.1) is 0 Å². The number of pyridine rings is 1. The summed E-state index contributed by atoms with van der Waals surface area (Å²) in [6.07, 6.45) is 4.94. The highest BCUT2D eigenvalue weighted by atomic mass is 14.9. The van der Waals surface area contributed by atoms with Crippen LogP contribution in [-0.4, -0.2) is 11.5 Å². The number of nitrogens with one attached hydrogen (secondary N) is 1. The van der Waals surface area contributed by atoms with Gasteiger partial charge in [-0.05, 0) is 24.5 Å². The van der Waals surface area contributed by atoms with E-state index >= 15 is 0 Å². The third-order valence-electron chi connectivity index (χ3n) is 2.72. The van der Waals surface area contributed by atoms with Crippen molar-refractivity contribution in [2.24, 2.45) is 5.92 Å². The fourth-order valence-electron chi connectivity index (χ4n) is 1.77. The van der Waals surface area contributed by atoms with E-state index < -0.39 is 0 Å². The molecule has 2 nitrogen and oxygen atoms in total. The highest BCUT2D eigenvalue weighted by Crippen LogP contribution is 2.22. The number of benzene rings is 1. The lowest BCUT2D eigenvalue weighted by Gasteiger charge is -2.10. The molecular formula is C14H18N2. The molecule has 0 aliphatic carbocycles. The molecule has 0 aliphatic heterocycles. The van der Waals surface area contributed by atoms with Crippen LogP contribution < -0.4 is 5.32 Å². The lowest BCUT2D eigenvalue weighted by atomic mass is 10.1. The molecule has 0 saturated heterocycles.